The standard InChI is InChI=1S/C26H35N5O3S/c1-34-18-17-31(15-5-4-8-20-12-11-19-7-6-14-27-24(19)28-20)16-13-22(25(32)33)30-26-29-21-9-2-3-10-23(21)35-26/h2-3,9-12,22H,4-8,13-18H2,1H3,(H,27,28)(H,29,30)(H,32,33)/t22-/m0/s1. The average Bonchev–Trinajstić information content (AvgIpc) is 3.29. The van der Waals surface area contributed by atoms with Gasteiger partial charge in [0.05, 0.1) is 16.8 Å². The van der Waals surface area contributed by atoms with Gasteiger partial charge < -0.3 is 25.4 Å². The number of rotatable bonds is 14. The van der Waals surface area contributed by atoms with Crippen molar-refractivity contribution in [1.82, 2.24) is 14.9 Å². The first-order valence-electron chi connectivity index (χ1n) is 12.4. The van der Waals surface area contributed by atoms with Crippen LogP contribution < -0.4 is 10.6 Å². The Kier molecular flexibility index (Phi) is 9.28. The number of pyridine rings is 1. The number of hydrogen-bond donors (Lipinski definition) is 3. The minimum atomic E-state index is -0.858. The highest BCUT2D eigenvalue weighted by Crippen LogP contribution is 2.26. The minimum Gasteiger partial charge on any atom is -0.480 e. The summed E-state index contributed by atoms with van der Waals surface area (Å²) in [4.78, 5) is 23.5. The molecule has 0 unspecified atom stereocenters. The van der Waals surface area contributed by atoms with E-state index < -0.39 is 12.0 Å². The van der Waals surface area contributed by atoms with Gasteiger partial charge in [0, 0.05) is 32.4 Å². The summed E-state index contributed by atoms with van der Waals surface area (Å²) < 4.78 is 6.33. The second kappa shape index (κ2) is 12.8. The first-order chi connectivity index (χ1) is 17.1. The van der Waals surface area contributed by atoms with Crippen molar-refractivity contribution < 1.29 is 14.6 Å². The first kappa shape index (κ1) is 25.3. The molecular weight excluding hydrogens is 462 g/mol. The van der Waals surface area contributed by atoms with E-state index >= 15 is 0 Å². The Morgan fingerprint density at radius 2 is 2.09 bits per heavy atom. The SMILES string of the molecule is COCCN(CCCCc1ccc2c(n1)NCCC2)CC[C@H](Nc1nc2ccccc2s1)C(=O)O. The number of aliphatic carboxylic acids is 1. The topological polar surface area (TPSA) is 99.6 Å². The molecule has 8 nitrogen and oxygen atoms in total. The van der Waals surface area contributed by atoms with Crippen molar-refractivity contribution in [3.05, 3.63) is 47.7 Å². The summed E-state index contributed by atoms with van der Waals surface area (Å²) in [5.74, 6) is 0.193. The maximum atomic E-state index is 11.9. The van der Waals surface area contributed by atoms with Gasteiger partial charge in [0.2, 0.25) is 0 Å². The quantitative estimate of drug-likeness (QED) is 0.284. The number of unbranched alkanes of at least 4 members (excludes halogenated alkanes) is 1. The predicted octanol–water partition coefficient (Wildman–Crippen LogP) is 4.28. The molecule has 3 heterocycles. The number of methoxy groups -OCH3 is 1. The number of aryl methyl sites for hydroxylation is 2. The molecule has 35 heavy (non-hydrogen) atoms. The van der Waals surface area contributed by atoms with E-state index in [-0.39, 0.29) is 0 Å². The van der Waals surface area contributed by atoms with Gasteiger partial charge in [0.1, 0.15) is 11.9 Å². The molecule has 1 aromatic carbocycles. The van der Waals surface area contributed by atoms with E-state index in [9.17, 15) is 9.90 Å². The van der Waals surface area contributed by atoms with Crippen molar-refractivity contribution in [2.75, 3.05) is 50.5 Å². The van der Waals surface area contributed by atoms with Gasteiger partial charge in [-0.05, 0) is 68.8 Å². The van der Waals surface area contributed by atoms with Gasteiger partial charge in [-0.2, -0.15) is 0 Å². The third kappa shape index (κ3) is 7.37. The highest BCUT2D eigenvalue weighted by atomic mass is 32.1. The van der Waals surface area contributed by atoms with Crippen LogP contribution in [0.4, 0.5) is 10.9 Å². The molecule has 1 aliphatic heterocycles. The molecule has 3 aromatic rings. The van der Waals surface area contributed by atoms with Gasteiger partial charge in [-0.3, -0.25) is 0 Å². The molecule has 0 fully saturated rings. The lowest BCUT2D eigenvalue weighted by atomic mass is 10.1. The van der Waals surface area contributed by atoms with Crippen LogP contribution in [0.2, 0.25) is 0 Å². The number of carboxylic acid groups (broad SMARTS) is 1. The molecule has 1 atom stereocenters. The normalized spacial score (nSPS) is 14.0. The highest BCUT2D eigenvalue weighted by Gasteiger charge is 2.20. The fraction of sp³-hybridized carbons (Fsp3) is 0.500. The van der Waals surface area contributed by atoms with Crippen LogP contribution in [0.3, 0.4) is 0 Å². The number of para-hydroxylation sites is 1. The summed E-state index contributed by atoms with van der Waals surface area (Å²) >= 11 is 1.48. The highest BCUT2D eigenvalue weighted by molar-refractivity contribution is 7.22. The lowest BCUT2D eigenvalue weighted by molar-refractivity contribution is -0.138. The van der Waals surface area contributed by atoms with Crippen LogP contribution in [0.25, 0.3) is 10.2 Å². The molecule has 0 amide bonds. The van der Waals surface area contributed by atoms with Gasteiger partial charge in [-0.1, -0.05) is 29.5 Å². The lowest BCUT2D eigenvalue weighted by Crippen LogP contribution is -2.36. The molecule has 0 aliphatic carbocycles. The zero-order chi connectivity index (χ0) is 24.5. The summed E-state index contributed by atoms with van der Waals surface area (Å²) in [6.07, 6.45) is 5.79. The van der Waals surface area contributed by atoms with Gasteiger partial charge in [0.25, 0.3) is 0 Å². The maximum absolute atomic E-state index is 11.9. The van der Waals surface area contributed by atoms with Crippen LogP contribution in [-0.2, 0) is 22.4 Å². The Hall–Kier alpha value is -2.75. The van der Waals surface area contributed by atoms with E-state index in [4.69, 9.17) is 9.72 Å². The third-order valence-corrected chi connectivity index (χ3v) is 7.31. The number of anilines is 2. The van der Waals surface area contributed by atoms with Crippen LogP contribution in [0, 0.1) is 0 Å². The molecule has 0 radical (unpaired) electrons. The summed E-state index contributed by atoms with van der Waals surface area (Å²) in [5.41, 5.74) is 3.33. The zero-order valence-corrected chi connectivity index (χ0v) is 21.1. The Labute approximate surface area is 210 Å². The van der Waals surface area contributed by atoms with E-state index in [1.54, 1.807) is 7.11 Å². The van der Waals surface area contributed by atoms with Crippen LogP contribution in [0.15, 0.2) is 36.4 Å². The van der Waals surface area contributed by atoms with E-state index in [0.717, 1.165) is 67.0 Å². The van der Waals surface area contributed by atoms with Crippen LogP contribution in [0.5, 0.6) is 0 Å². The number of aromatic nitrogens is 2. The Morgan fingerprint density at radius 1 is 1.20 bits per heavy atom. The molecular formula is C26H35N5O3S. The molecule has 0 spiro atoms. The van der Waals surface area contributed by atoms with Crippen molar-refractivity contribution >= 4 is 38.5 Å². The molecule has 188 valence electrons. The van der Waals surface area contributed by atoms with Gasteiger partial charge in [-0.25, -0.2) is 14.8 Å². The van der Waals surface area contributed by atoms with Gasteiger partial charge >= 0.3 is 5.97 Å². The number of thiazole rings is 1. The second-order valence-corrected chi connectivity index (χ2v) is 9.97. The molecule has 4 rings (SSSR count). The molecule has 0 saturated heterocycles. The molecule has 9 heteroatoms. The van der Waals surface area contributed by atoms with Crippen molar-refractivity contribution in [2.45, 2.75) is 44.6 Å². The van der Waals surface area contributed by atoms with Crippen LogP contribution in [-0.4, -0.2) is 71.9 Å². The lowest BCUT2D eigenvalue weighted by Gasteiger charge is -2.24. The molecule has 2 aromatic heterocycles. The van der Waals surface area contributed by atoms with Crippen LogP contribution in [0.1, 0.15) is 36.9 Å². The van der Waals surface area contributed by atoms with Crippen molar-refractivity contribution in [3.8, 4) is 0 Å². The van der Waals surface area contributed by atoms with E-state index in [1.807, 2.05) is 24.3 Å². The monoisotopic (exact) mass is 497 g/mol. The largest absolute Gasteiger partial charge is 0.480 e. The fourth-order valence-electron chi connectivity index (χ4n) is 4.36. The fourth-order valence-corrected chi connectivity index (χ4v) is 5.28. The molecule has 3 N–H and O–H groups in total. The van der Waals surface area contributed by atoms with Crippen molar-refractivity contribution in [1.29, 1.82) is 0 Å². The van der Waals surface area contributed by atoms with E-state index in [1.165, 1.54) is 23.3 Å². The minimum absolute atomic E-state index is 0.493. The van der Waals surface area contributed by atoms with Crippen molar-refractivity contribution in [3.63, 3.8) is 0 Å². The molecule has 1 aliphatic rings. The van der Waals surface area contributed by atoms with E-state index in [2.05, 4.69) is 32.7 Å². The maximum Gasteiger partial charge on any atom is 0.326 e. The van der Waals surface area contributed by atoms with Crippen molar-refractivity contribution in [2.24, 2.45) is 0 Å². The van der Waals surface area contributed by atoms with E-state index in [0.29, 0.717) is 24.7 Å². The third-order valence-electron chi connectivity index (χ3n) is 6.34. The summed E-state index contributed by atoms with van der Waals surface area (Å²) in [6.45, 7) is 3.99. The van der Waals surface area contributed by atoms with Gasteiger partial charge in [-0.15, -0.1) is 0 Å². The smallest absolute Gasteiger partial charge is 0.326 e. The Morgan fingerprint density at radius 3 is 2.91 bits per heavy atom. The number of carboxylic acids is 1. The summed E-state index contributed by atoms with van der Waals surface area (Å²) in [5, 5.41) is 17.0. The van der Waals surface area contributed by atoms with Gasteiger partial charge in [0.15, 0.2) is 5.13 Å². The van der Waals surface area contributed by atoms with Crippen LogP contribution >= 0.6 is 11.3 Å². The number of nitrogens with zero attached hydrogens (tertiary/aromatic N) is 3. The Bertz CT molecular complexity index is 1070. The Balaban J connectivity index is 1.26. The number of carbonyl (C=O) groups is 1. The summed E-state index contributed by atoms with van der Waals surface area (Å²) in [7, 11) is 1.70. The number of benzene rings is 1. The predicted molar refractivity (Wildman–Crippen MR) is 142 cm³/mol. The molecule has 0 saturated carbocycles. The number of fused-ring (bicyclic) bond motifs is 2. The number of ether oxygens (including phenoxy) is 1. The zero-order valence-electron chi connectivity index (χ0n) is 20.3. The first-order valence-corrected chi connectivity index (χ1v) is 13.2. The number of nitrogens with one attached hydrogen (secondary N) is 2. The molecule has 0 bridgehead atoms. The number of hydrogen-bond acceptors (Lipinski definition) is 8. The second-order valence-electron chi connectivity index (χ2n) is 8.94. The summed E-state index contributed by atoms with van der Waals surface area (Å²) in [6, 6.07) is 11.5. The average molecular weight is 498 g/mol.